The zero-order chi connectivity index (χ0) is 9.26. The van der Waals surface area contributed by atoms with E-state index in [0.717, 1.165) is 11.4 Å². The molecule has 68 valence electrons. The Hall–Kier alpha value is -1.71. The number of nitrogens with zero attached hydrogens (tertiary/aromatic N) is 1. The minimum Gasteiger partial charge on any atom is -0.360 e. The Kier molecular flexibility index (Phi) is 1.81. The molecule has 0 spiro atoms. The van der Waals surface area contributed by atoms with Gasteiger partial charge in [-0.3, -0.25) is 14.6 Å². The fourth-order valence-electron chi connectivity index (χ4n) is 1.30. The smallest absolute Gasteiger partial charge is 0.267 e. The van der Waals surface area contributed by atoms with Crippen LogP contribution in [-0.2, 0) is 6.54 Å². The van der Waals surface area contributed by atoms with E-state index in [0.29, 0.717) is 6.54 Å². The van der Waals surface area contributed by atoms with Crippen molar-refractivity contribution >= 4 is 0 Å². The largest absolute Gasteiger partial charge is 0.360 e. The van der Waals surface area contributed by atoms with Crippen LogP contribution in [0.3, 0.4) is 0 Å². The number of nitrogens with one attached hydrogen (secondary N) is 2. The molecule has 0 saturated carbocycles. The molecule has 2 heterocycles. The zero-order valence-corrected chi connectivity index (χ0v) is 7.37. The van der Waals surface area contributed by atoms with Crippen molar-refractivity contribution in [2.45, 2.75) is 13.5 Å². The van der Waals surface area contributed by atoms with E-state index < -0.39 is 0 Å². The van der Waals surface area contributed by atoms with E-state index in [1.807, 2.05) is 25.3 Å². The molecule has 0 bridgehead atoms. The Morgan fingerprint density at radius 3 is 2.85 bits per heavy atom. The van der Waals surface area contributed by atoms with E-state index in [1.54, 1.807) is 10.7 Å². The molecule has 13 heavy (non-hydrogen) atoms. The Morgan fingerprint density at radius 1 is 1.46 bits per heavy atom. The van der Waals surface area contributed by atoms with Gasteiger partial charge in [0.2, 0.25) is 0 Å². The van der Waals surface area contributed by atoms with E-state index >= 15 is 0 Å². The molecule has 0 saturated heterocycles. The van der Waals surface area contributed by atoms with Gasteiger partial charge in [-0.05, 0) is 19.1 Å². The van der Waals surface area contributed by atoms with Gasteiger partial charge in [-0.25, -0.2) is 0 Å². The quantitative estimate of drug-likeness (QED) is 0.711. The number of hydrogen-bond donors (Lipinski definition) is 2. The van der Waals surface area contributed by atoms with Gasteiger partial charge in [0.05, 0.1) is 11.4 Å². The third-order valence-corrected chi connectivity index (χ3v) is 1.99. The summed E-state index contributed by atoms with van der Waals surface area (Å²) in [5.74, 6) is 0. The van der Waals surface area contributed by atoms with E-state index in [-0.39, 0.29) is 5.56 Å². The van der Waals surface area contributed by atoms with Crippen molar-refractivity contribution in [1.82, 2.24) is 14.8 Å². The van der Waals surface area contributed by atoms with Gasteiger partial charge < -0.3 is 4.98 Å². The summed E-state index contributed by atoms with van der Waals surface area (Å²) in [6.07, 6.45) is 1.83. The Bertz CT molecular complexity index is 436. The van der Waals surface area contributed by atoms with Crippen molar-refractivity contribution < 1.29 is 0 Å². The van der Waals surface area contributed by atoms with Gasteiger partial charge in [-0.1, -0.05) is 0 Å². The van der Waals surface area contributed by atoms with Gasteiger partial charge in [0, 0.05) is 18.8 Å². The van der Waals surface area contributed by atoms with Crippen molar-refractivity contribution in [2.24, 2.45) is 0 Å². The first-order valence-corrected chi connectivity index (χ1v) is 4.25. The third kappa shape index (κ3) is 1.30. The number of aromatic amines is 2. The maximum atomic E-state index is 11.3. The molecule has 2 rings (SSSR count). The number of aryl methyl sites for hydroxylation is 1. The topological polar surface area (TPSA) is 53.6 Å². The molecular weight excluding hydrogens is 166 g/mol. The zero-order valence-electron chi connectivity index (χ0n) is 7.37. The normalized spacial score (nSPS) is 10.5. The van der Waals surface area contributed by atoms with Crippen LogP contribution in [0, 0.1) is 0 Å². The number of rotatable bonds is 2. The molecule has 0 amide bonds. The summed E-state index contributed by atoms with van der Waals surface area (Å²) in [6, 6.07) is 5.41. The Labute approximate surface area is 75.2 Å². The molecule has 4 nitrogen and oxygen atoms in total. The summed E-state index contributed by atoms with van der Waals surface area (Å²) in [6.45, 7) is 2.59. The lowest BCUT2D eigenvalue weighted by molar-refractivity contribution is 0.640. The molecular formula is C9H11N3O. The second-order valence-electron chi connectivity index (χ2n) is 2.84. The van der Waals surface area contributed by atoms with Gasteiger partial charge in [-0.15, -0.1) is 0 Å². The van der Waals surface area contributed by atoms with Gasteiger partial charge in [0.1, 0.15) is 0 Å². The molecule has 2 aromatic heterocycles. The monoisotopic (exact) mass is 177 g/mol. The van der Waals surface area contributed by atoms with Crippen molar-refractivity contribution in [1.29, 1.82) is 0 Å². The minimum absolute atomic E-state index is 0.00657. The van der Waals surface area contributed by atoms with Crippen molar-refractivity contribution in [3.05, 3.63) is 34.7 Å². The molecule has 0 aliphatic rings. The van der Waals surface area contributed by atoms with Crippen LogP contribution in [0.2, 0.25) is 0 Å². The number of aromatic nitrogens is 3. The first kappa shape index (κ1) is 7.91. The molecule has 4 heteroatoms. The van der Waals surface area contributed by atoms with Crippen LogP contribution < -0.4 is 5.56 Å². The molecule has 2 N–H and O–H groups in total. The van der Waals surface area contributed by atoms with Crippen LogP contribution >= 0.6 is 0 Å². The lowest BCUT2D eigenvalue weighted by Gasteiger charge is -1.94. The van der Waals surface area contributed by atoms with Gasteiger partial charge in [0.25, 0.3) is 5.56 Å². The van der Waals surface area contributed by atoms with Crippen molar-refractivity contribution in [3.8, 4) is 11.4 Å². The van der Waals surface area contributed by atoms with E-state index in [9.17, 15) is 4.79 Å². The summed E-state index contributed by atoms with van der Waals surface area (Å²) in [5.41, 5.74) is 1.77. The lowest BCUT2D eigenvalue weighted by Crippen LogP contribution is -2.13. The summed E-state index contributed by atoms with van der Waals surface area (Å²) in [5, 5.41) is 3.01. The van der Waals surface area contributed by atoms with Crippen LogP contribution in [0.5, 0.6) is 0 Å². The number of hydrogen-bond acceptors (Lipinski definition) is 1. The average Bonchev–Trinajstić information content (AvgIpc) is 2.71. The fraction of sp³-hybridized carbons (Fsp3) is 0.222. The highest BCUT2D eigenvalue weighted by atomic mass is 16.1. The summed E-state index contributed by atoms with van der Waals surface area (Å²) >= 11 is 0. The van der Waals surface area contributed by atoms with Crippen LogP contribution in [-0.4, -0.2) is 14.8 Å². The number of H-pyrrole nitrogens is 2. The molecule has 0 aliphatic heterocycles. The highest BCUT2D eigenvalue weighted by molar-refractivity contribution is 5.53. The van der Waals surface area contributed by atoms with Gasteiger partial charge in [0.15, 0.2) is 0 Å². The molecule has 0 radical (unpaired) electrons. The van der Waals surface area contributed by atoms with Crippen LogP contribution in [0.4, 0.5) is 0 Å². The van der Waals surface area contributed by atoms with Crippen molar-refractivity contribution in [2.75, 3.05) is 0 Å². The highest BCUT2D eigenvalue weighted by Gasteiger charge is 2.03. The second kappa shape index (κ2) is 2.97. The first-order chi connectivity index (χ1) is 6.31. The second-order valence-corrected chi connectivity index (χ2v) is 2.84. The molecule has 0 atom stereocenters. The third-order valence-electron chi connectivity index (χ3n) is 1.99. The van der Waals surface area contributed by atoms with E-state index in [4.69, 9.17) is 0 Å². The Balaban J connectivity index is 2.49. The highest BCUT2D eigenvalue weighted by Crippen LogP contribution is 2.10. The van der Waals surface area contributed by atoms with Crippen LogP contribution in [0.25, 0.3) is 11.4 Å². The van der Waals surface area contributed by atoms with E-state index in [1.165, 1.54) is 0 Å². The minimum atomic E-state index is 0.00657. The Morgan fingerprint density at radius 2 is 2.31 bits per heavy atom. The predicted octanol–water partition coefficient (Wildman–Crippen LogP) is 1.19. The molecule has 0 fully saturated rings. The summed E-state index contributed by atoms with van der Waals surface area (Å²) < 4.78 is 1.57. The standard InChI is InChI=1S/C9H11N3O/c1-2-12-9(13)6-8(11-12)7-4-3-5-10-7/h3-6,10-11H,2H2,1H3. The van der Waals surface area contributed by atoms with Crippen LogP contribution in [0.1, 0.15) is 6.92 Å². The molecule has 2 aromatic rings. The van der Waals surface area contributed by atoms with Crippen molar-refractivity contribution in [3.63, 3.8) is 0 Å². The SMILES string of the molecule is CCn1[nH]c(-c2ccc[nH]2)cc1=O. The van der Waals surface area contributed by atoms with Gasteiger partial charge in [-0.2, -0.15) is 0 Å². The summed E-state index contributed by atoms with van der Waals surface area (Å²) in [4.78, 5) is 14.3. The van der Waals surface area contributed by atoms with Crippen LogP contribution in [0.15, 0.2) is 29.2 Å². The summed E-state index contributed by atoms with van der Waals surface area (Å²) in [7, 11) is 0. The molecule has 0 aliphatic carbocycles. The average molecular weight is 177 g/mol. The fourth-order valence-corrected chi connectivity index (χ4v) is 1.30. The maximum absolute atomic E-state index is 11.3. The van der Waals surface area contributed by atoms with Gasteiger partial charge >= 0.3 is 0 Å². The first-order valence-electron chi connectivity index (χ1n) is 4.25. The maximum Gasteiger partial charge on any atom is 0.267 e. The van der Waals surface area contributed by atoms with E-state index in [2.05, 4.69) is 10.1 Å². The predicted molar refractivity (Wildman–Crippen MR) is 50.5 cm³/mol. The molecule has 0 aromatic carbocycles. The molecule has 0 unspecified atom stereocenters. The lowest BCUT2D eigenvalue weighted by atomic mass is 10.3.